The van der Waals surface area contributed by atoms with E-state index < -0.39 is 0 Å². The summed E-state index contributed by atoms with van der Waals surface area (Å²) in [5.74, 6) is 1.23. The van der Waals surface area contributed by atoms with Crippen molar-refractivity contribution in [1.29, 1.82) is 0 Å². The molecule has 2 amide bonds. The van der Waals surface area contributed by atoms with E-state index in [1.54, 1.807) is 4.90 Å². The van der Waals surface area contributed by atoms with Gasteiger partial charge < -0.3 is 5.32 Å². The van der Waals surface area contributed by atoms with Gasteiger partial charge >= 0.3 is 0 Å². The normalized spacial score (nSPS) is 41.4. The Labute approximate surface area is 82.6 Å². The van der Waals surface area contributed by atoms with E-state index in [2.05, 4.69) is 5.32 Å². The second-order valence-corrected chi connectivity index (χ2v) is 4.49. The predicted molar refractivity (Wildman–Crippen MR) is 49.3 cm³/mol. The highest BCUT2D eigenvalue weighted by Gasteiger charge is 2.58. The number of hydrogen-bond acceptors (Lipinski definition) is 3. The third-order valence-electron chi connectivity index (χ3n) is 3.66. The quantitative estimate of drug-likeness (QED) is 0.585. The first-order valence-electron chi connectivity index (χ1n) is 5.34. The summed E-state index contributed by atoms with van der Waals surface area (Å²) in [6.07, 6.45) is 1.87. The molecule has 14 heavy (non-hydrogen) atoms. The standard InChI is InChI=1S/C10H14N2O2/c13-8-2-1-3-9(14)12(8)10-6-4-11-5-7(6)10/h6-7,10-11H,1-5H2. The van der Waals surface area contributed by atoms with Crippen LogP contribution in [0.2, 0.25) is 0 Å². The van der Waals surface area contributed by atoms with Crippen molar-refractivity contribution >= 4 is 11.8 Å². The second kappa shape index (κ2) is 2.79. The molecule has 0 radical (unpaired) electrons. The fourth-order valence-electron chi connectivity index (χ4n) is 2.87. The molecule has 1 aliphatic carbocycles. The van der Waals surface area contributed by atoms with Crippen LogP contribution in [-0.4, -0.2) is 35.8 Å². The average Bonchev–Trinajstić information content (AvgIpc) is 2.62. The third-order valence-corrected chi connectivity index (χ3v) is 3.66. The Morgan fingerprint density at radius 3 is 2.21 bits per heavy atom. The zero-order valence-corrected chi connectivity index (χ0v) is 8.03. The van der Waals surface area contributed by atoms with E-state index in [0.717, 1.165) is 19.5 Å². The molecular formula is C10H14N2O2. The van der Waals surface area contributed by atoms with Crippen LogP contribution in [-0.2, 0) is 9.59 Å². The summed E-state index contributed by atoms with van der Waals surface area (Å²) in [4.78, 5) is 24.8. The van der Waals surface area contributed by atoms with Crippen LogP contribution in [0.25, 0.3) is 0 Å². The van der Waals surface area contributed by atoms with Gasteiger partial charge in [0.25, 0.3) is 0 Å². The molecule has 2 unspecified atom stereocenters. The molecule has 76 valence electrons. The van der Waals surface area contributed by atoms with Gasteiger partial charge in [-0.25, -0.2) is 0 Å². The van der Waals surface area contributed by atoms with Crippen molar-refractivity contribution in [3.8, 4) is 0 Å². The lowest BCUT2D eigenvalue weighted by Gasteiger charge is -2.26. The first kappa shape index (κ1) is 8.41. The molecule has 4 nitrogen and oxygen atoms in total. The molecule has 2 saturated heterocycles. The molecular weight excluding hydrogens is 180 g/mol. The Hall–Kier alpha value is -0.900. The number of nitrogens with one attached hydrogen (secondary N) is 1. The fourth-order valence-corrected chi connectivity index (χ4v) is 2.87. The van der Waals surface area contributed by atoms with Crippen LogP contribution >= 0.6 is 0 Å². The number of amides is 2. The number of hydrogen-bond donors (Lipinski definition) is 1. The maximum Gasteiger partial charge on any atom is 0.229 e. The zero-order valence-electron chi connectivity index (χ0n) is 8.03. The van der Waals surface area contributed by atoms with Gasteiger partial charge in [-0.05, 0) is 18.3 Å². The van der Waals surface area contributed by atoms with E-state index in [4.69, 9.17) is 0 Å². The van der Waals surface area contributed by atoms with Crippen molar-refractivity contribution in [2.24, 2.45) is 11.8 Å². The number of rotatable bonds is 1. The number of fused-ring (bicyclic) bond motifs is 1. The first-order chi connectivity index (χ1) is 6.79. The van der Waals surface area contributed by atoms with Crippen LogP contribution in [0.1, 0.15) is 19.3 Å². The van der Waals surface area contributed by atoms with Crippen molar-refractivity contribution in [1.82, 2.24) is 10.2 Å². The summed E-state index contributed by atoms with van der Waals surface area (Å²) in [6.45, 7) is 1.96. The Morgan fingerprint density at radius 1 is 1.07 bits per heavy atom. The van der Waals surface area contributed by atoms with E-state index >= 15 is 0 Å². The fraction of sp³-hybridized carbons (Fsp3) is 0.800. The van der Waals surface area contributed by atoms with Crippen LogP contribution in [0.5, 0.6) is 0 Å². The molecule has 3 fully saturated rings. The third kappa shape index (κ3) is 1.03. The lowest BCUT2D eigenvalue weighted by atomic mass is 10.1. The second-order valence-electron chi connectivity index (χ2n) is 4.49. The summed E-state index contributed by atoms with van der Waals surface area (Å²) >= 11 is 0. The van der Waals surface area contributed by atoms with Crippen LogP contribution in [0.15, 0.2) is 0 Å². The summed E-state index contributed by atoms with van der Waals surface area (Å²) < 4.78 is 0. The minimum atomic E-state index is 0.0562. The predicted octanol–water partition coefficient (Wildman–Crippen LogP) is -0.257. The maximum absolute atomic E-state index is 11.6. The van der Waals surface area contributed by atoms with Gasteiger partial charge in [-0.1, -0.05) is 0 Å². The van der Waals surface area contributed by atoms with Crippen molar-refractivity contribution in [3.05, 3.63) is 0 Å². The molecule has 0 aromatic rings. The topological polar surface area (TPSA) is 49.4 Å². The number of carbonyl (C=O) groups excluding carboxylic acids is 2. The Kier molecular flexibility index (Phi) is 1.68. The lowest BCUT2D eigenvalue weighted by Crippen LogP contribution is -2.44. The number of piperidine rings is 2. The number of likely N-dealkylation sites (tertiary alicyclic amines) is 1. The molecule has 2 aliphatic heterocycles. The van der Waals surface area contributed by atoms with Gasteiger partial charge in [0.2, 0.25) is 11.8 Å². The van der Waals surface area contributed by atoms with Crippen molar-refractivity contribution < 1.29 is 9.59 Å². The summed E-state index contributed by atoms with van der Waals surface area (Å²) in [6, 6.07) is 0.247. The van der Waals surface area contributed by atoms with E-state index in [-0.39, 0.29) is 17.9 Å². The van der Waals surface area contributed by atoms with Crippen LogP contribution in [0, 0.1) is 11.8 Å². The molecule has 4 heteroatoms. The van der Waals surface area contributed by atoms with E-state index in [9.17, 15) is 9.59 Å². The van der Waals surface area contributed by atoms with Gasteiger partial charge in [0.1, 0.15) is 0 Å². The van der Waals surface area contributed by atoms with Gasteiger partial charge in [0.15, 0.2) is 0 Å². The van der Waals surface area contributed by atoms with Crippen LogP contribution < -0.4 is 5.32 Å². The van der Waals surface area contributed by atoms with Crippen LogP contribution in [0.3, 0.4) is 0 Å². The molecule has 0 spiro atoms. The summed E-state index contributed by atoms with van der Waals surface area (Å²) in [7, 11) is 0. The van der Waals surface area contributed by atoms with Gasteiger partial charge in [0.05, 0.1) is 0 Å². The molecule has 1 N–H and O–H groups in total. The molecule has 2 heterocycles. The largest absolute Gasteiger partial charge is 0.316 e. The van der Waals surface area contributed by atoms with E-state index in [0.29, 0.717) is 24.7 Å². The molecule has 3 rings (SSSR count). The van der Waals surface area contributed by atoms with Crippen molar-refractivity contribution in [2.75, 3.05) is 13.1 Å². The average molecular weight is 194 g/mol. The number of imide groups is 1. The molecule has 1 saturated carbocycles. The Bertz CT molecular complexity index is 276. The van der Waals surface area contributed by atoms with E-state index in [1.165, 1.54) is 0 Å². The minimum absolute atomic E-state index is 0.0562. The highest BCUT2D eigenvalue weighted by atomic mass is 16.2. The van der Waals surface area contributed by atoms with Gasteiger partial charge in [0, 0.05) is 32.0 Å². The smallest absolute Gasteiger partial charge is 0.229 e. The lowest BCUT2D eigenvalue weighted by molar-refractivity contribution is -0.149. The summed E-state index contributed by atoms with van der Waals surface area (Å²) in [5.41, 5.74) is 0. The SMILES string of the molecule is O=C1CCCC(=O)N1C1C2CNCC21. The zero-order chi connectivity index (χ0) is 9.71. The summed E-state index contributed by atoms with van der Waals surface area (Å²) in [5, 5.41) is 3.27. The molecule has 0 bridgehead atoms. The minimum Gasteiger partial charge on any atom is -0.316 e. The Balaban J connectivity index is 1.77. The van der Waals surface area contributed by atoms with Gasteiger partial charge in [-0.3, -0.25) is 14.5 Å². The highest BCUT2D eigenvalue weighted by Crippen LogP contribution is 2.46. The molecule has 3 aliphatic rings. The van der Waals surface area contributed by atoms with Gasteiger partial charge in [-0.15, -0.1) is 0 Å². The molecule has 0 aromatic carbocycles. The first-order valence-corrected chi connectivity index (χ1v) is 5.34. The number of carbonyl (C=O) groups is 2. The van der Waals surface area contributed by atoms with Gasteiger partial charge in [-0.2, -0.15) is 0 Å². The van der Waals surface area contributed by atoms with E-state index in [1.807, 2.05) is 0 Å². The highest BCUT2D eigenvalue weighted by molar-refractivity contribution is 5.98. The van der Waals surface area contributed by atoms with Crippen molar-refractivity contribution in [3.63, 3.8) is 0 Å². The maximum atomic E-state index is 11.6. The van der Waals surface area contributed by atoms with Crippen molar-refractivity contribution in [2.45, 2.75) is 25.3 Å². The molecule has 2 atom stereocenters. The van der Waals surface area contributed by atoms with Crippen LogP contribution in [0.4, 0.5) is 0 Å². The molecule has 0 aromatic heterocycles. The Morgan fingerprint density at radius 2 is 1.64 bits per heavy atom. The number of nitrogens with zero attached hydrogens (tertiary/aromatic N) is 1. The monoisotopic (exact) mass is 194 g/mol.